The number of benzene rings is 1. The molecule has 2 aromatic rings. The third kappa shape index (κ3) is 4.99. The fraction of sp³-hybridized carbons (Fsp3) is 0.400. The standard InChI is InChI=1S/C20H22F3N3O/c1-12(2)16-9-18(24-11-17(16)19(27)25-10-13-6-7-13)26-15-5-3-4-14(8-15)20(21,22)23/h3-5,8-9,11-13H,6-7,10H2,1-2H3,(H,24,26)(H,25,27). The second-order valence-electron chi connectivity index (χ2n) is 7.17. The van der Waals surface area contributed by atoms with E-state index in [4.69, 9.17) is 0 Å². The van der Waals surface area contributed by atoms with Gasteiger partial charge in [0.25, 0.3) is 5.91 Å². The van der Waals surface area contributed by atoms with Gasteiger partial charge in [0, 0.05) is 18.4 Å². The van der Waals surface area contributed by atoms with Crippen LogP contribution in [0.5, 0.6) is 0 Å². The highest BCUT2D eigenvalue weighted by molar-refractivity contribution is 5.96. The molecular weight excluding hydrogens is 355 g/mol. The van der Waals surface area contributed by atoms with Gasteiger partial charge < -0.3 is 10.6 Å². The van der Waals surface area contributed by atoms with Crippen LogP contribution in [-0.2, 0) is 6.18 Å². The van der Waals surface area contributed by atoms with E-state index in [2.05, 4.69) is 15.6 Å². The number of carbonyl (C=O) groups excluding carboxylic acids is 1. The van der Waals surface area contributed by atoms with E-state index in [0.29, 0.717) is 23.8 Å². The van der Waals surface area contributed by atoms with Crippen molar-refractivity contribution in [3.63, 3.8) is 0 Å². The van der Waals surface area contributed by atoms with Crippen LogP contribution in [0.15, 0.2) is 36.5 Å². The number of anilines is 2. The molecule has 0 spiro atoms. The number of halogens is 3. The van der Waals surface area contributed by atoms with Crippen molar-refractivity contribution in [1.82, 2.24) is 10.3 Å². The second-order valence-corrected chi connectivity index (χ2v) is 7.17. The fourth-order valence-electron chi connectivity index (χ4n) is 2.78. The molecule has 4 nitrogen and oxygen atoms in total. The number of nitrogens with one attached hydrogen (secondary N) is 2. The number of nitrogens with zero attached hydrogens (tertiary/aromatic N) is 1. The molecule has 1 aromatic carbocycles. The van der Waals surface area contributed by atoms with Crippen molar-refractivity contribution in [2.45, 2.75) is 38.8 Å². The van der Waals surface area contributed by atoms with Gasteiger partial charge in [-0.1, -0.05) is 19.9 Å². The van der Waals surface area contributed by atoms with Gasteiger partial charge in [0.1, 0.15) is 5.82 Å². The van der Waals surface area contributed by atoms with E-state index in [1.807, 2.05) is 13.8 Å². The van der Waals surface area contributed by atoms with Crippen LogP contribution in [0.3, 0.4) is 0 Å². The molecule has 1 aliphatic rings. The van der Waals surface area contributed by atoms with E-state index in [9.17, 15) is 18.0 Å². The maximum atomic E-state index is 12.9. The Morgan fingerprint density at radius 3 is 2.63 bits per heavy atom. The molecule has 0 unspecified atom stereocenters. The smallest absolute Gasteiger partial charge is 0.352 e. The Balaban J connectivity index is 1.80. The van der Waals surface area contributed by atoms with Crippen molar-refractivity contribution >= 4 is 17.4 Å². The second kappa shape index (κ2) is 7.58. The Bertz CT molecular complexity index is 829. The Kier molecular flexibility index (Phi) is 5.39. The summed E-state index contributed by atoms with van der Waals surface area (Å²) in [4.78, 5) is 16.6. The van der Waals surface area contributed by atoms with E-state index in [1.54, 1.807) is 12.1 Å². The highest BCUT2D eigenvalue weighted by Gasteiger charge is 2.30. The lowest BCUT2D eigenvalue weighted by Crippen LogP contribution is -2.27. The lowest BCUT2D eigenvalue weighted by molar-refractivity contribution is -0.137. The summed E-state index contributed by atoms with van der Waals surface area (Å²) in [6.45, 7) is 4.59. The van der Waals surface area contributed by atoms with Crippen LogP contribution in [0.1, 0.15) is 54.1 Å². The maximum Gasteiger partial charge on any atom is 0.416 e. The quantitative estimate of drug-likeness (QED) is 0.736. The summed E-state index contributed by atoms with van der Waals surface area (Å²) >= 11 is 0. The number of amides is 1. The topological polar surface area (TPSA) is 54.0 Å². The minimum absolute atomic E-state index is 0.0664. The molecule has 3 rings (SSSR count). The Morgan fingerprint density at radius 1 is 1.26 bits per heavy atom. The summed E-state index contributed by atoms with van der Waals surface area (Å²) in [7, 11) is 0. The zero-order valence-electron chi connectivity index (χ0n) is 15.2. The number of hydrogen-bond acceptors (Lipinski definition) is 3. The summed E-state index contributed by atoms with van der Waals surface area (Å²) in [6, 6.07) is 6.66. The molecule has 1 heterocycles. The number of aromatic nitrogens is 1. The van der Waals surface area contributed by atoms with Gasteiger partial charge >= 0.3 is 6.18 Å². The number of alkyl halides is 3. The summed E-state index contributed by atoms with van der Waals surface area (Å²) in [6.07, 6.45) is -0.629. The molecule has 27 heavy (non-hydrogen) atoms. The zero-order valence-corrected chi connectivity index (χ0v) is 15.2. The van der Waals surface area contributed by atoms with Crippen LogP contribution < -0.4 is 10.6 Å². The van der Waals surface area contributed by atoms with Crippen molar-refractivity contribution in [3.05, 3.63) is 53.2 Å². The minimum Gasteiger partial charge on any atom is -0.352 e. The Labute approximate surface area is 156 Å². The van der Waals surface area contributed by atoms with Gasteiger partial charge in [-0.15, -0.1) is 0 Å². The van der Waals surface area contributed by atoms with Gasteiger partial charge in [-0.3, -0.25) is 4.79 Å². The van der Waals surface area contributed by atoms with Crippen LogP contribution in [0.25, 0.3) is 0 Å². The molecule has 1 saturated carbocycles. The average Bonchev–Trinajstić information content (AvgIpc) is 3.43. The van der Waals surface area contributed by atoms with Crippen molar-refractivity contribution in [2.24, 2.45) is 5.92 Å². The number of pyridine rings is 1. The van der Waals surface area contributed by atoms with E-state index < -0.39 is 11.7 Å². The molecule has 0 aliphatic heterocycles. The molecule has 1 aliphatic carbocycles. The Hall–Kier alpha value is -2.57. The van der Waals surface area contributed by atoms with Gasteiger partial charge in [-0.2, -0.15) is 13.2 Å². The average molecular weight is 377 g/mol. The van der Waals surface area contributed by atoms with Crippen LogP contribution >= 0.6 is 0 Å². The minimum atomic E-state index is -4.41. The van der Waals surface area contributed by atoms with Gasteiger partial charge in [0.15, 0.2) is 0 Å². The van der Waals surface area contributed by atoms with Crippen molar-refractivity contribution < 1.29 is 18.0 Å². The summed E-state index contributed by atoms with van der Waals surface area (Å²) in [5.41, 5.74) is 0.860. The zero-order chi connectivity index (χ0) is 19.6. The predicted octanol–water partition coefficient (Wildman–Crippen LogP) is 5.11. The number of hydrogen-bond donors (Lipinski definition) is 2. The molecule has 144 valence electrons. The van der Waals surface area contributed by atoms with E-state index >= 15 is 0 Å². The summed E-state index contributed by atoms with van der Waals surface area (Å²) < 4.78 is 38.6. The molecule has 2 N–H and O–H groups in total. The predicted molar refractivity (Wildman–Crippen MR) is 98.1 cm³/mol. The largest absolute Gasteiger partial charge is 0.416 e. The molecule has 1 amide bonds. The van der Waals surface area contributed by atoms with E-state index in [0.717, 1.165) is 30.5 Å². The van der Waals surface area contributed by atoms with Gasteiger partial charge in [-0.05, 0) is 54.5 Å². The summed E-state index contributed by atoms with van der Waals surface area (Å²) in [5, 5.41) is 5.82. The molecule has 7 heteroatoms. The van der Waals surface area contributed by atoms with Crippen LogP contribution in [0.2, 0.25) is 0 Å². The number of carbonyl (C=O) groups is 1. The third-order valence-electron chi connectivity index (χ3n) is 4.51. The normalized spacial score (nSPS) is 14.3. The van der Waals surface area contributed by atoms with Crippen LogP contribution in [0, 0.1) is 5.92 Å². The van der Waals surface area contributed by atoms with Gasteiger partial charge in [0.2, 0.25) is 0 Å². The Morgan fingerprint density at radius 2 is 2.00 bits per heavy atom. The van der Waals surface area contributed by atoms with Crippen LogP contribution in [0.4, 0.5) is 24.7 Å². The monoisotopic (exact) mass is 377 g/mol. The van der Waals surface area contributed by atoms with Gasteiger partial charge in [0.05, 0.1) is 11.1 Å². The van der Waals surface area contributed by atoms with Crippen molar-refractivity contribution in [2.75, 3.05) is 11.9 Å². The fourth-order valence-corrected chi connectivity index (χ4v) is 2.78. The highest BCUT2D eigenvalue weighted by Crippen LogP contribution is 2.32. The number of rotatable bonds is 6. The maximum absolute atomic E-state index is 12.9. The first-order valence-corrected chi connectivity index (χ1v) is 8.96. The van der Waals surface area contributed by atoms with Crippen molar-refractivity contribution in [1.29, 1.82) is 0 Å². The lowest BCUT2D eigenvalue weighted by atomic mass is 9.98. The van der Waals surface area contributed by atoms with Crippen molar-refractivity contribution in [3.8, 4) is 0 Å². The first-order valence-electron chi connectivity index (χ1n) is 8.96. The molecular formula is C20H22F3N3O. The first kappa shape index (κ1) is 19.2. The molecule has 0 bridgehead atoms. The van der Waals surface area contributed by atoms with E-state index in [-0.39, 0.29) is 17.5 Å². The molecule has 0 atom stereocenters. The first-order chi connectivity index (χ1) is 12.7. The van der Waals surface area contributed by atoms with E-state index in [1.165, 1.54) is 12.3 Å². The SMILES string of the molecule is CC(C)c1cc(Nc2cccc(C(F)(F)F)c2)ncc1C(=O)NCC1CC1. The lowest BCUT2D eigenvalue weighted by Gasteiger charge is -2.15. The molecule has 0 radical (unpaired) electrons. The molecule has 0 saturated heterocycles. The van der Waals surface area contributed by atoms with Crippen LogP contribution in [-0.4, -0.2) is 17.4 Å². The molecule has 1 aromatic heterocycles. The molecule has 1 fully saturated rings. The highest BCUT2D eigenvalue weighted by atomic mass is 19.4. The van der Waals surface area contributed by atoms with Gasteiger partial charge in [-0.25, -0.2) is 4.98 Å². The third-order valence-corrected chi connectivity index (χ3v) is 4.51. The summed E-state index contributed by atoms with van der Waals surface area (Å²) in [5.74, 6) is 0.878.